The van der Waals surface area contributed by atoms with Gasteiger partial charge in [-0.25, -0.2) is 4.98 Å². The van der Waals surface area contributed by atoms with E-state index in [2.05, 4.69) is 10.3 Å². The van der Waals surface area contributed by atoms with Crippen molar-refractivity contribution in [3.63, 3.8) is 0 Å². The first-order valence-electron chi connectivity index (χ1n) is 7.06. The van der Waals surface area contributed by atoms with Gasteiger partial charge in [-0.2, -0.15) is 13.2 Å². The molecular weight excluding hydrogens is 267 g/mol. The van der Waals surface area contributed by atoms with Gasteiger partial charge in [-0.1, -0.05) is 32.1 Å². The molecular formula is C14H20F3N3. The van der Waals surface area contributed by atoms with E-state index in [-0.39, 0.29) is 17.7 Å². The van der Waals surface area contributed by atoms with Gasteiger partial charge in [0.1, 0.15) is 11.6 Å². The van der Waals surface area contributed by atoms with Crippen molar-refractivity contribution in [2.45, 2.75) is 57.2 Å². The van der Waals surface area contributed by atoms with E-state index in [9.17, 15) is 13.2 Å². The molecule has 1 aromatic heterocycles. The fraction of sp³-hybridized carbons (Fsp3) is 0.643. The van der Waals surface area contributed by atoms with Gasteiger partial charge < -0.3 is 11.1 Å². The number of nitrogens with zero attached hydrogens (tertiary/aromatic N) is 1. The average molecular weight is 287 g/mol. The maximum Gasteiger partial charge on any atom is 0.416 e. The molecule has 0 aliphatic heterocycles. The SMILES string of the molecule is Nc1cc(C(F)(F)F)cc(NC2CCCCCCC2)n1. The Morgan fingerprint density at radius 1 is 1.05 bits per heavy atom. The number of anilines is 2. The minimum atomic E-state index is -4.39. The van der Waals surface area contributed by atoms with Gasteiger partial charge in [0.05, 0.1) is 5.56 Å². The molecule has 0 atom stereocenters. The Morgan fingerprint density at radius 2 is 1.65 bits per heavy atom. The average Bonchev–Trinajstić information content (AvgIpc) is 2.30. The Kier molecular flexibility index (Phi) is 4.73. The third-order valence-electron chi connectivity index (χ3n) is 3.63. The van der Waals surface area contributed by atoms with Gasteiger partial charge in [0.15, 0.2) is 0 Å². The van der Waals surface area contributed by atoms with Crippen molar-refractivity contribution in [1.82, 2.24) is 4.98 Å². The Bertz CT molecular complexity index is 438. The minimum absolute atomic E-state index is 0.104. The van der Waals surface area contributed by atoms with Crippen molar-refractivity contribution in [1.29, 1.82) is 0 Å². The molecule has 1 fully saturated rings. The Morgan fingerprint density at radius 3 is 2.25 bits per heavy atom. The van der Waals surface area contributed by atoms with Crippen molar-refractivity contribution in [3.05, 3.63) is 17.7 Å². The first kappa shape index (κ1) is 14.9. The molecule has 0 aromatic carbocycles. The molecule has 3 nitrogen and oxygen atoms in total. The number of alkyl halides is 3. The van der Waals surface area contributed by atoms with E-state index in [0.717, 1.165) is 37.8 Å². The zero-order valence-electron chi connectivity index (χ0n) is 11.3. The fourth-order valence-electron chi connectivity index (χ4n) is 2.60. The number of hydrogen-bond donors (Lipinski definition) is 2. The summed E-state index contributed by atoms with van der Waals surface area (Å²) in [6.07, 6.45) is 3.39. The number of halogens is 3. The number of nitrogens with one attached hydrogen (secondary N) is 1. The summed E-state index contributed by atoms with van der Waals surface area (Å²) in [5.41, 5.74) is 4.71. The number of hydrogen-bond acceptors (Lipinski definition) is 3. The molecule has 1 aliphatic carbocycles. The van der Waals surface area contributed by atoms with Gasteiger partial charge in [-0.15, -0.1) is 0 Å². The molecule has 0 saturated heterocycles. The first-order valence-corrected chi connectivity index (χ1v) is 7.06. The van der Waals surface area contributed by atoms with Gasteiger partial charge in [0.25, 0.3) is 0 Å². The van der Waals surface area contributed by atoms with Crippen LogP contribution in [0.2, 0.25) is 0 Å². The maximum absolute atomic E-state index is 12.7. The lowest BCUT2D eigenvalue weighted by atomic mass is 9.97. The third-order valence-corrected chi connectivity index (χ3v) is 3.63. The van der Waals surface area contributed by atoms with E-state index in [1.165, 1.54) is 19.3 Å². The van der Waals surface area contributed by atoms with E-state index < -0.39 is 11.7 Å². The molecule has 3 N–H and O–H groups in total. The quantitative estimate of drug-likeness (QED) is 0.856. The van der Waals surface area contributed by atoms with Crippen molar-refractivity contribution >= 4 is 11.6 Å². The van der Waals surface area contributed by atoms with Gasteiger partial charge in [0.2, 0.25) is 0 Å². The summed E-state index contributed by atoms with van der Waals surface area (Å²) in [7, 11) is 0. The van der Waals surface area contributed by atoms with Gasteiger partial charge >= 0.3 is 6.18 Å². The molecule has 1 aliphatic rings. The highest BCUT2D eigenvalue weighted by molar-refractivity contribution is 5.48. The molecule has 1 saturated carbocycles. The molecule has 1 heterocycles. The van der Waals surface area contributed by atoms with Crippen LogP contribution in [0.4, 0.5) is 24.8 Å². The predicted octanol–water partition coefficient (Wildman–Crippen LogP) is 4.21. The van der Waals surface area contributed by atoms with Gasteiger partial charge in [0, 0.05) is 6.04 Å². The van der Waals surface area contributed by atoms with E-state index in [0.29, 0.717) is 0 Å². The van der Waals surface area contributed by atoms with E-state index >= 15 is 0 Å². The molecule has 0 unspecified atom stereocenters. The second kappa shape index (κ2) is 6.33. The molecule has 2 rings (SSSR count). The lowest BCUT2D eigenvalue weighted by molar-refractivity contribution is -0.137. The summed E-state index contributed by atoms with van der Waals surface area (Å²) in [5, 5.41) is 3.11. The summed E-state index contributed by atoms with van der Waals surface area (Å²) >= 11 is 0. The number of rotatable bonds is 2. The summed E-state index contributed by atoms with van der Waals surface area (Å²) in [6, 6.07) is 2.09. The van der Waals surface area contributed by atoms with Crippen LogP contribution in [0, 0.1) is 0 Å². The monoisotopic (exact) mass is 287 g/mol. The van der Waals surface area contributed by atoms with Crippen LogP contribution in [0.5, 0.6) is 0 Å². The standard InChI is InChI=1S/C14H20F3N3/c15-14(16,17)10-8-12(18)20-13(9-10)19-11-6-4-2-1-3-5-7-11/h8-9,11H,1-7H2,(H3,18,19,20). The molecule has 6 heteroatoms. The highest BCUT2D eigenvalue weighted by Gasteiger charge is 2.31. The van der Waals surface area contributed by atoms with E-state index in [1.54, 1.807) is 0 Å². The highest BCUT2D eigenvalue weighted by Crippen LogP contribution is 2.32. The summed E-state index contributed by atoms with van der Waals surface area (Å²) in [6.45, 7) is 0. The van der Waals surface area contributed by atoms with Crippen LogP contribution in [-0.4, -0.2) is 11.0 Å². The van der Waals surface area contributed by atoms with Crippen molar-refractivity contribution in [2.75, 3.05) is 11.1 Å². The number of aromatic nitrogens is 1. The Balaban J connectivity index is 2.09. The first-order chi connectivity index (χ1) is 9.45. The van der Waals surface area contributed by atoms with Crippen molar-refractivity contribution < 1.29 is 13.2 Å². The maximum atomic E-state index is 12.7. The van der Waals surface area contributed by atoms with Crippen LogP contribution >= 0.6 is 0 Å². The zero-order valence-corrected chi connectivity index (χ0v) is 11.3. The molecule has 1 aromatic rings. The minimum Gasteiger partial charge on any atom is -0.384 e. The largest absolute Gasteiger partial charge is 0.416 e. The number of nitrogens with two attached hydrogens (primary N) is 1. The second-order valence-electron chi connectivity index (χ2n) is 5.35. The number of nitrogen functional groups attached to an aromatic ring is 1. The predicted molar refractivity (Wildman–Crippen MR) is 73.4 cm³/mol. The smallest absolute Gasteiger partial charge is 0.384 e. The molecule has 112 valence electrons. The highest BCUT2D eigenvalue weighted by atomic mass is 19.4. The zero-order chi connectivity index (χ0) is 14.6. The van der Waals surface area contributed by atoms with Crippen molar-refractivity contribution in [3.8, 4) is 0 Å². The van der Waals surface area contributed by atoms with E-state index in [1.807, 2.05) is 0 Å². The van der Waals surface area contributed by atoms with Crippen LogP contribution in [0.15, 0.2) is 12.1 Å². The van der Waals surface area contributed by atoms with Gasteiger partial charge in [-0.05, 0) is 25.0 Å². The van der Waals surface area contributed by atoms with Crippen LogP contribution in [-0.2, 0) is 6.18 Å². The van der Waals surface area contributed by atoms with Crippen molar-refractivity contribution in [2.24, 2.45) is 0 Å². The summed E-state index contributed by atoms with van der Waals surface area (Å²) in [4.78, 5) is 3.96. The van der Waals surface area contributed by atoms with E-state index in [4.69, 9.17) is 5.73 Å². The molecule has 20 heavy (non-hydrogen) atoms. The Labute approximate surface area is 116 Å². The Hall–Kier alpha value is -1.46. The topological polar surface area (TPSA) is 50.9 Å². The van der Waals surface area contributed by atoms with Crippen LogP contribution in [0.3, 0.4) is 0 Å². The van der Waals surface area contributed by atoms with Crippen LogP contribution in [0.25, 0.3) is 0 Å². The number of pyridine rings is 1. The molecule has 0 amide bonds. The second-order valence-corrected chi connectivity index (χ2v) is 5.35. The normalized spacial score (nSPS) is 18.4. The lowest BCUT2D eigenvalue weighted by Crippen LogP contribution is -2.22. The molecule has 0 spiro atoms. The summed E-state index contributed by atoms with van der Waals surface area (Å²) < 4.78 is 38.2. The lowest BCUT2D eigenvalue weighted by Gasteiger charge is -2.22. The van der Waals surface area contributed by atoms with Gasteiger partial charge in [-0.3, -0.25) is 0 Å². The molecule has 0 radical (unpaired) electrons. The third kappa shape index (κ3) is 4.28. The van der Waals surface area contributed by atoms with Crippen LogP contribution < -0.4 is 11.1 Å². The molecule has 0 bridgehead atoms. The summed E-state index contributed by atoms with van der Waals surface area (Å²) in [5.74, 6) is 0.121. The fourth-order valence-corrected chi connectivity index (χ4v) is 2.60. The van der Waals surface area contributed by atoms with Crippen LogP contribution in [0.1, 0.15) is 50.5 Å².